The van der Waals surface area contributed by atoms with Gasteiger partial charge in [-0.2, -0.15) is 0 Å². The number of hydrogen-bond acceptors (Lipinski definition) is 0. The van der Waals surface area contributed by atoms with Gasteiger partial charge in [-0.05, 0) is 26.2 Å². The number of rotatable bonds is 7. The van der Waals surface area contributed by atoms with Crippen LogP contribution >= 0.6 is 0 Å². The van der Waals surface area contributed by atoms with Gasteiger partial charge >= 0.3 is 0 Å². The second kappa shape index (κ2) is 7.77. The average Bonchev–Trinajstić information content (AvgIpc) is 1.96. The highest BCUT2D eigenvalue weighted by atomic mass is 19.1. The van der Waals surface area contributed by atoms with Crippen LogP contribution in [0.25, 0.3) is 0 Å². The van der Waals surface area contributed by atoms with E-state index >= 15 is 0 Å². The van der Waals surface area contributed by atoms with E-state index in [4.69, 9.17) is 6.58 Å². The molecule has 0 aromatic rings. The van der Waals surface area contributed by atoms with Crippen LogP contribution in [-0.4, -0.2) is 6.17 Å². The second-order valence-electron chi connectivity index (χ2n) is 3.01. The van der Waals surface area contributed by atoms with Crippen molar-refractivity contribution < 1.29 is 4.39 Å². The van der Waals surface area contributed by atoms with Gasteiger partial charge in [0.1, 0.15) is 0 Å². The van der Waals surface area contributed by atoms with Crippen LogP contribution in [0.1, 0.15) is 45.4 Å². The molecule has 0 bridgehead atoms. The summed E-state index contributed by atoms with van der Waals surface area (Å²) < 4.78 is 12.3. The minimum absolute atomic E-state index is 0.629. The smallest absolute Gasteiger partial charge is 0.0973 e. The fraction of sp³-hybridized carbons (Fsp3) is 0.800. The van der Waals surface area contributed by atoms with Crippen molar-refractivity contribution in [3.8, 4) is 0 Å². The third kappa shape index (κ3) is 9.67. The molecule has 0 saturated heterocycles. The van der Waals surface area contributed by atoms with Crippen LogP contribution in [-0.2, 0) is 0 Å². The Balaban J connectivity index is 2.85. The molecule has 0 saturated carbocycles. The van der Waals surface area contributed by atoms with Crippen molar-refractivity contribution in [1.29, 1.82) is 0 Å². The van der Waals surface area contributed by atoms with E-state index in [1.54, 1.807) is 13.0 Å². The van der Waals surface area contributed by atoms with Gasteiger partial charge in [0, 0.05) is 0 Å². The number of halogens is 1. The Bertz CT molecular complexity index is 86.9. The lowest BCUT2D eigenvalue weighted by molar-refractivity contribution is 0.330. The van der Waals surface area contributed by atoms with E-state index < -0.39 is 6.17 Å². The number of unbranched alkanes of at least 4 members (excludes halogenated alkanes) is 4. The summed E-state index contributed by atoms with van der Waals surface area (Å²) in [4.78, 5) is 0. The molecule has 1 radical (unpaired) electrons. The molecular weight excluding hydrogens is 139 g/mol. The number of alkyl halides is 1. The van der Waals surface area contributed by atoms with E-state index in [0.29, 0.717) is 6.42 Å². The lowest BCUT2D eigenvalue weighted by atomic mass is 10.1. The van der Waals surface area contributed by atoms with Crippen molar-refractivity contribution in [2.24, 2.45) is 0 Å². The van der Waals surface area contributed by atoms with Gasteiger partial charge in [0.15, 0.2) is 0 Å². The first-order valence-electron chi connectivity index (χ1n) is 4.45. The highest BCUT2D eigenvalue weighted by Crippen LogP contribution is 2.08. The SMILES string of the molecule is [CH]=CCCCCCCC(C)F. The van der Waals surface area contributed by atoms with E-state index in [-0.39, 0.29) is 0 Å². The maximum atomic E-state index is 12.3. The normalized spacial score (nSPS) is 12.9. The van der Waals surface area contributed by atoms with Crippen molar-refractivity contribution in [3.63, 3.8) is 0 Å². The Kier molecular flexibility index (Phi) is 7.54. The van der Waals surface area contributed by atoms with Gasteiger partial charge in [-0.3, -0.25) is 0 Å². The molecule has 0 amide bonds. The summed E-state index contributed by atoms with van der Waals surface area (Å²) in [6.07, 6.45) is 7.26. The Labute approximate surface area is 69.5 Å². The number of hydrogen-bond donors (Lipinski definition) is 0. The molecule has 0 aliphatic carbocycles. The first kappa shape index (κ1) is 10.7. The zero-order valence-electron chi connectivity index (χ0n) is 7.35. The summed E-state index contributed by atoms with van der Waals surface area (Å²) in [7, 11) is 0. The molecule has 0 N–H and O–H groups in total. The topological polar surface area (TPSA) is 0 Å². The largest absolute Gasteiger partial charge is 0.248 e. The lowest BCUT2D eigenvalue weighted by Crippen LogP contribution is -1.91. The Morgan fingerprint density at radius 1 is 1.27 bits per heavy atom. The second-order valence-corrected chi connectivity index (χ2v) is 3.01. The van der Waals surface area contributed by atoms with E-state index in [2.05, 4.69) is 0 Å². The Morgan fingerprint density at radius 3 is 2.45 bits per heavy atom. The van der Waals surface area contributed by atoms with Crippen LogP contribution in [0.5, 0.6) is 0 Å². The first-order valence-corrected chi connectivity index (χ1v) is 4.45. The molecule has 0 aromatic carbocycles. The molecule has 0 fully saturated rings. The molecule has 0 aliphatic heterocycles. The average molecular weight is 157 g/mol. The molecule has 11 heavy (non-hydrogen) atoms. The van der Waals surface area contributed by atoms with E-state index in [1.165, 1.54) is 6.42 Å². The molecule has 0 spiro atoms. The molecule has 0 rings (SSSR count). The fourth-order valence-electron chi connectivity index (χ4n) is 1.04. The number of allylic oxidation sites excluding steroid dienone is 1. The Hall–Kier alpha value is -0.330. The third-order valence-electron chi connectivity index (χ3n) is 1.72. The van der Waals surface area contributed by atoms with Gasteiger partial charge < -0.3 is 0 Å². The predicted molar refractivity (Wildman–Crippen MR) is 47.1 cm³/mol. The van der Waals surface area contributed by atoms with Gasteiger partial charge in [-0.25, -0.2) is 4.39 Å². The molecule has 65 valence electrons. The van der Waals surface area contributed by atoms with Crippen LogP contribution in [0.3, 0.4) is 0 Å². The maximum absolute atomic E-state index is 12.3. The summed E-state index contributed by atoms with van der Waals surface area (Å²) in [6, 6.07) is 0. The van der Waals surface area contributed by atoms with Crippen molar-refractivity contribution in [2.75, 3.05) is 0 Å². The molecule has 0 aliphatic rings. The summed E-state index contributed by atoms with van der Waals surface area (Å²) >= 11 is 0. The predicted octanol–water partition coefficient (Wildman–Crippen LogP) is 3.67. The fourth-order valence-corrected chi connectivity index (χ4v) is 1.04. The van der Waals surface area contributed by atoms with Crippen LogP contribution in [0.2, 0.25) is 0 Å². The molecule has 1 atom stereocenters. The summed E-state index contributed by atoms with van der Waals surface area (Å²) in [5, 5.41) is 0. The maximum Gasteiger partial charge on any atom is 0.0973 e. The van der Waals surface area contributed by atoms with Gasteiger partial charge in [0.05, 0.1) is 6.17 Å². The van der Waals surface area contributed by atoms with E-state index in [1.807, 2.05) is 0 Å². The van der Waals surface area contributed by atoms with Gasteiger partial charge in [-0.15, -0.1) is 0 Å². The highest BCUT2D eigenvalue weighted by Gasteiger charge is 1.96. The lowest BCUT2D eigenvalue weighted by Gasteiger charge is -2.00. The van der Waals surface area contributed by atoms with Crippen molar-refractivity contribution in [2.45, 2.75) is 51.6 Å². The van der Waals surface area contributed by atoms with E-state index in [9.17, 15) is 4.39 Å². The monoisotopic (exact) mass is 157 g/mol. The van der Waals surface area contributed by atoms with Crippen LogP contribution in [0, 0.1) is 6.58 Å². The minimum atomic E-state index is -0.629. The summed E-state index contributed by atoms with van der Waals surface area (Å²) in [6.45, 7) is 6.83. The Morgan fingerprint density at radius 2 is 1.91 bits per heavy atom. The first-order chi connectivity index (χ1) is 5.27. The van der Waals surface area contributed by atoms with Crippen LogP contribution in [0.15, 0.2) is 6.08 Å². The van der Waals surface area contributed by atoms with Gasteiger partial charge in [0.25, 0.3) is 0 Å². The summed E-state index contributed by atoms with van der Waals surface area (Å²) in [5.41, 5.74) is 0. The zero-order valence-corrected chi connectivity index (χ0v) is 7.35. The third-order valence-corrected chi connectivity index (χ3v) is 1.72. The standard InChI is InChI=1S/C10H18F/c1-3-4-5-6-7-8-9-10(2)11/h1,3,10H,4-9H2,2H3. The van der Waals surface area contributed by atoms with Gasteiger partial charge in [-0.1, -0.05) is 31.9 Å². The minimum Gasteiger partial charge on any atom is -0.248 e. The molecule has 0 aromatic heterocycles. The van der Waals surface area contributed by atoms with Gasteiger partial charge in [0.2, 0.25) is 0 Å². The van der Waals surface area contributed by atoms with Crippen LogP contribution in [0.4, 0.5) is 4.39 Å². The molecule has 1 heteroatoms. The van der Waals surface area contributed by atoms with E-state index in [0.717, 1.165) is 25.7 Å². The quantitative estimate of drug-likeness (QED) is 0.494. The molecular formula is C10H18F. The van der Waals surface area contributed by atoms with Crippen molar-refractivity contribution >= 4 is 0 Å². The molecule has 1 unspecified atom stereocenters. The molecule has 0 heterocycles. The highest BCUT2D eigenvalue weighted by molar-refractivity contribution is 4.61. The van der Waals surface area contributed by atoms with Crippen molar-refractivity contribution in [3.05, 3.63) is 12.7 Å². The van der Waals surface area contributed by atoms with Crippen molar-refractivity contribution in [1.82, 2.24) is 0 Å². The molecule has 0 nitrogen and oxygen atoms in total. The summed E-state index contributed by atoms with van der Waals surface area (Å²) in [5.74, 6) is 0. The van der Waals surface area contributed by atoms with Crippen LogP contribution < -0.4 is 0 Å². The zero-order chi connectivity index (χ0) is 8.53.